The summed E-state index contributed by atoms with van der Waals surface area (Å²) in [7, 11) is -1.91. The minimum atomic E-state index is -1.91. The Balaban J connectivity index is 1.70. The number of aryl methyl sites for hydroxylation is 2. The Morgan fingerprint density at radius 1 is 1.13 bits per heavy atom. The molecule has 1 heterocycles. The third kappa shape index (κ3) is 5.91. The van der Waals surface area contributed by atoms with Gasteiger partial charge in [-0.3, -0.25) is 4.79 Å². The van der Waals surface area contributed by atoms with Crippen molar-refractivity contribution < 1.29 is 29.9 Å². The zero-order valence-corrected chi connectivity index (χ0v) is 17.2. The molecule has 3 rings (SSSR count). The summed E-state index contributed by atoms with van der Waals surface area (Å²) in [4.78, 5) is 28.1. The summed E-state index contributed by atoms with van der Waals surface area (Å²) >= 11 is 1.57. The number of phenols is 1. The Morgan fingerprint density at radius 3 is 2.58 bits per heavy atom. The quantitative estimate of drug-likeness (QED) is 0.319. The number of benzene rings is 2. The molecule has 10 heteroatoms. The molecular formula is C21H21BN2O6S. The van der Waals surface area contributed by atoms with Crippen LogP contribution < -0.4 is 5.32 Å². The van der Waals surface area contributed by atoms with Crippen molar-refractivity contribution in [2.45, 2.75) is 25.2 Å². The number of para-hydroxylation sites is 1. The van der Waals surface area contributed by atoms with Gasteiger partial charge in [-0.25, -0.2) is 9.78 Å². The van der Waals surface area contributed by atoms with Crippen LogP contribution >= 0.6 is 11.3 Å². The Hall–Kier alpha value is -3.21. The lowest BCUT2D eigenvalue weighted by Crippen LogP contribution is -2.48. The Bertz CT molecular complexity index is 1060. The molecule has 0 spiro atoms. The van der Waals surface area contributed by atoms with Gasteiger partial charge >= 0.3 is 13.1 Å². The first-order valence-corrected chi connectivity index (χ1v) is 10.4. The highest BCUT2D eigenvalue weighted by atomic mass is 32.1. The number of hydrogen-bond acceptors (Lipinski definition) is 7. The van der Waals surface area contributed by atoms with Gasteiger partial charge in [0.05, 0.1) is 10.9 Å². The van der Waals surface area contributed by atoms with Crippen LogP contribution in [0, 0.1) is 0 Å². The predicted molar refractivity (Wildman–Crippen MR) is 116 cm³/mol. The zero-order valence-electron chi connectivity index (χ0n) is 16.4. The topological polar surface area (TPSA) is 140 Å². The van der Waals surface area contributed by atoms with Gasteiger partial charge in [0, 0.05) is 23.6 Å². The van der Waals surface area contributed by atoms with Gasteiger partial charge in [-0.05, 0) is 42.2 Å². The Kier molecular flexibility index (Phi) is 7.40. The van der Waals surface area contributed by atoms with Crippen LogP contribution in [0.25, 0.3) is 0 Å². The molecule has 3 aromatic rings. The minimum absolute atomic E-state index is 0.167. The van der Waals surface area contributed by atoms with E-state index in [1.54, 1.807) is 35.7 Å². The average molecular weight is 440 g/mol. The van der Waals surface area contributed by atoms with Crippen LogP contribution in [0.1, 0.15) is 36.9 Å². The smallest absolute Gasteiger partial charge is 0.475 e. The molecule has 0 aliphatic heterocycles. The number of carboxylic acids is 1. The zero-order chi connectivity index (χ0) is 22.4. The van der Waals surface area contributed by atoms with Gasteiger partial charge in [0.1, 0.15) is 11.3 Å². The number of rotatable bonds is 9. The van der Waals surface area contributed by atoms with Gasteiger partial charge in [-0.2, -0.15) is 0 Å². The van der Waals surface area contributed by atoms with E-state index in [0.717, 1.165) is 17.0 Å². The number of nitrogens with zero attached hydrogens (tertiary/aromatic N) is 1. The first-order valence-electron chi connectivity index (χ1n) is 9.53. The maximum absolute atomic E-state index is 12.7. The summed E-state index contributed by atoms with van der Waals surface area (Å²) in [6.07, 6.45) is 3.03. The predicted octanol–water partition coefficient (Wildman–Crippen LogP) is 1.69. The monoisotopic (exact) mass is 440 g/mol. The van der Waals surface area contributed by atoms with Crippen LogP contribution in [0.15, 0.2) is 54.0 Å². The molecule has 31 heavy (non-hydrogen) atoms. The number of nitrogens with one attached hydrogen (secondary N) is 1. The molecule has 0 bridgehead atoms. The number of aromatic hydroxyl groups is 1. The molecule has 1 amide bonds. The van der Waals surface area contributed by atoms with E-state index in [1.165, 1.54) is 18.2 Å². The second-order valence-electron chi connectivity index (χ2n) is 6.94. The van der Waals surface area contributed by atoms with Gasteiger partial charge in [0.2, 0.25) is 0 Å². The number of carboxylic acid groups (broad SMARTS) is 1. The highest BCUT2D eigenvalue weighted by Crippen LogP contribution is 2.24. The largest absolute Gasteiger partial charge is 0.507 e. The van der Waals surface area contributed by atoms with E-state index in [9.17, 15) is 24.7 Å². The van der Waals surface area contributed by atoms with Crippen molar-refractivity contribution in [3.05, 3.63) is 81.3 Å². The highest BCUT2D eigenvalue weighted by Gasteiger charge is 2.28. The lowest BCUT2D eigenvalue weighted by Gasteiger charge is -2.19. The fourth-order valence-electron chi connectivity index (χ4n) is 3.14. The molecule has 8 nitrogen and oxygen atoms in total. The molecule has 1 aromatic heterocycles. The standard InChI is InChI=1S/C21H21BN2O6S/c25-19-14(4-2-6-16(19)21(27)28)12-17(22(29)30)24-20(26)15-5-1-3-13(11-15)7-8-18-23-9-10-31-18/h1-6,9-11,17,25,29-30H,7-8,12H2,(H,24,26)(H,27,28)/t17-/m0/s1. The van der Waals surface area contributed by atoms with E-state index in [0.29, 0.717) is 12.0 Å². The lowest BCUT2D eigenvalue weighted by molar-refractivity contribution is 0.0693. The molecule has 0 aliphatic carbocycles. The van der Waals surface area contributed by atoms with Crippen LogP contribution in [0.2, 0.25) is 0 Å². The second-order valence-corrected chi connectivity index (χ2v) is 7.92. The van der Waals surface area contributed by atoms with Crippen LogP contribution in [0.4, 0.5) is 0 Å². The number of carbonyl (C=O) groups excluding carboxylic acids is 1. The van der Waals surface area contributed by atoms with Crippen molar-refractivity contribution in [1.82, 2.24) is 10.3 Å². The van der Waals surface area contributed by atoms with Crippen LogP contribution in [-0.2, 0) is 19.3 Å². The first kappa shape index (κ1) is 22.5. The number of amides is 1. The fraction of sp³-hybridized carbons (Fsp3) is 0.190. The van der Waals surface area contributed by atoms with Crippen molar-refractivity contribution in [2.24, 2.45) is 0 Å². The number of thiazole rings is 1. The Morgan fingerprint density at radius 2 is 1.90 bits per heavy atom. The molecule has 0 fully saturated rings. The molecule has 0 unspecified atom stereocenters. The molecule has 2 aromatic carbocycles. The molecule has 0 saturated heterocycles. The van der Waals surface area contributed by atoms with Crippen LogP contribution in [0.5, 0.6) is 5.75 Å². The van der Waals surface area contributed by atoms with Crippen molar-refractivity contribution in [1.29, 1.82) is 0 Å². The first-order chi connectivity index (χ1) is 14.8. The molecule has 0 saturated carbocycles. The van der Waals surface area contributed by atoms with Gasteiger partial charge in [0.15, 0.2) is 0 Å². The average Bonchev–Trinajstić information content (AvgIpc) is 3.26. The number of carbonyl (C=O) groups is 2. The van der Waals surface area contributed by atoms with Crippen LogP contribution in [-0.4, -0.2) is 50.2 Å². The van der Waals surface area contributed by atoms with Crippen molar-refractivity contribution in [3.8, 4) is 5.75 Å². The van der Waals surface area contributed by atoms with E-state index in [2.05, 4.69) is 10.3 Å². The van der Waals surface area contributed by atoms with Crippen LogP contribution in [0.3, 0.4) is 0 Å². The van der Waals surface area contributed by atoms with Gasteiger partial charge in [-0.1, -0.05) is 24.3 Å². The van der Waals surface area contributed by atoms with Gasteiger partial charge in [0.25, 0.3) is 5.91 Å². The number of hydrogen-bond donors (Lipinski definition) is 5. The summed E-state index contributed by atoms with van der Waals surface area (Å²) in [5.41, 5.74) is 1.17. The van der Waals surface area contributed by atoms with Gasteiger partial charge < -0.3 is 25.6 Å². The van der Waals surface area contributed by atoms with Gasteiger partial charge in [-0.15, -0.1) is 11.3 Å². The molecule has 0 radical (unpaired) electrons. The van der Waals surface area contributed by atoms with Crippen molar-refractivity contribution in [2.75, 3.05) is 0 Å². The van der Waals surface area contributed by atoms with E-state index in [-0.39, 0.29) is 17.5 Å². The van der Waals surface area contributed by atoms with E-state index in [1.807, 2.05) is 11.4 Å². The highest BCUT2D eigenvalue weighted by molar-refractivity contribution is 7.09. The third-order valence-corrected chi connectivity index (χ3v) is 5.61. The normalized spacial score (nSPS) is 11.7. The molecule has 0 aliphatic rings. The summed E-state index contributed by atoms with van der Waals surface area (Å²) in [5.74, 6) is -3.44. The van der Waals surface area contributed by atoms with E-state index >= 15 is 0 Å². The summed E-state index contributed by atoms with van der Waals surface area (Å²) in [5, 5.41) is 44.2. The minimum Gasteiger partial charge on any atom is -0.507 e. The molecule has 1 atom stereocenters. The Labute approximate surface area is 183 Å². The molecular weight excluding hydrogens is 419 g/mol. The van der Waals surface area contributed by atoms with E-state index < -0.39 is 30.7 Å². The SMILES string of the molecule is O=C(N[C@@H](Cc1cccc(C(=O)O)c1O)B(O)O)c1cccc(CCc2nccs2)c1. The maximum Gasteiger partial charge on any atom is 0.475 e. The van der Waals surface area contributed by atoms with Crippen molar-refractivity contribution >= 4 is 30.3 Å². The second kappa shape index (κ2) is 10.2. The maximum atomic E-state index is 12.7. The number of aromatic carboxylic acids is 1. The van der Waals surface area contributed by atoms with E-state index in [4.69, 9.17) is 5.11 Å². The number of aromatic nitrogens is 1. The molecule has 160 valence electrons. The summed E-state index contributed by atoms with van der Waals surface area (Å²) in [6.45, 7) is 0. The molecule has 5 N–H and O–H groups in total. The lowest BCUT2D eigenvalue weighted by atomic mass is 9.75. The summed E-state index contributed by atoms with van der Waals surface area (Å²) in [6, 6.07) is 11.1. The van der Waals surface area contributed by atoms with Crippen molar-refractivity contribution in [3.63, 3.8) is 0 Å². The third-order valence-electron chi connectivity index (χ3n) is 4.77. The fourth-order valence-corrected chi connectivity index (χ4v) is 3.76. The summed E-state index contributed by atoms with van der Waals surface area (Å²) < 4.78 is 0.